The van der Waals surface area contributed by atoms with Gasteiger partial charge in [-0.2, -0.15) is 0 Å². The van der Waals surface area contributed by atoms with Gasteiger partial charge in [0.25, 0.3) is 5.91 Å². The van der Waals surface area contributed by atoms with Crippen molar-refractivity contribution in [2.45, 2.75) is 32.1 Å². The number of ether oxygens (including phenoxy) is 1. The maximum Gasteiger partial charge on any atom is 0.348 e. The highest BCUT2D eigenvalue weighted by Crippen LogP contribution is 2.30. The number of anilines is 1. The first-order valence-electron chi connectivity index (χ1n) is 7.28. The predicted molar refractivity (Wildman–Crippen MR) is 89.2 cm³/mol. The van der Waals surface area contributed by atoms with E-state index in [1.807, 2.05) is 6.07 Å². The fraction of sp³-hybridized carbons (Fsp3) is 0.375. The molecule has 0 bridgehead atoms. The van der Waals surface area contributed by atoms with Gasteiger partial charge in [-0.3, -0.25) is 4.79 Å². The van der Waals surface area contributed by atoms with E-state index in [4.69, 9.17) is 0 Å². The quantitative estimate of drug-likeness (QED) is 0.678. The van der Waals surface area contributed by atoms with Gasteiger partial charge in [0.05, 0.1) is 17.0 Å². The van der Waals surface area contributed by atoms with E-state index in [9.17, 15) is 9.59 Å². The SMILES string of the molecule is COC(=O)c1ccc(NC(=O)c2cc3c(s2)CCCCC3)s1. The average Bonchev–Trinajstić information content (AvgIpc) is 3.09. The summed E-state index contributed by atoms with van der Waals surface area (Å²) in [5.41, 5.74) is 1.33. The Labute approximate surface area is 137 Å². The van der Waals surface area contributed by atoms with Gasteiger partial charge in [-0.05, 0) is 49.4 Å². The summed E-state index contributed by atoms with van der Waals surface area (Å²) in [6.45, 7) is 0. The highest BCUT2D eigenvalue weighted by atomic mass is 32.1. The van der Waals surface area contributed by atoms with Crippen LogP contribution in [0.15, 0.2) is 18.2 Å². The second-order valence-electron chi connectivity index (χ2n) is 5.23. The van der Waals surface area contributed by atoms with Crippen molar-refractivity contribution in [3.63, 3.8) is 0 Å². The average molecular weight is 335 g/mol. The molecule has 116 valence electrons. The Morgan fingerprint density at radius 1 is 1.09 bits per heavy atom. The predicted octanol–water partition coefficient (Wildman–Crippen LogP) is 4.12. The Hall–Kier alpha value is -1.66. The van der Waals surface area contributed by atoms with Crippen molar-refractivity contribution in [2.24, 2.45) is 0 Å². The largest absolute Gasteiger partial charge is 0.465 e. The molecule has 0 fully saturated rings. The van der Waals surface area contributed by atoms with E-state index in [2.05, 4.69) is 10.1 Å². The van der Waals surface area contributed by atoms with E-state index in [-0.39, 0.29) is 11.9 Å². The lowest BCUT2D eigenvalue weighted by Crippen LogP contribution is -2.08. The summed E-state index contributed by atoms with van der Waals surface area (Å²) in [6.07, 6.45) is 5.85. The maximum absolute atomic E-state index is 12.4. The maximum atomic E-state index is 12.4. The summed E-state index contributed by atoms with van der Waals surface area (Å²) in [4.78, 5) is 26.4. The van der Waals surface area contributed by atoms with Gasteiger partial charge in [0.15, 0.2) is 0 Å². The number of carbonyl (C=O) groups excluding carboxylic acids is 2. The third-order valence-electron chi connectivity index (χ3n) is 3.70. The molecule has 2 heterocycles. The van der Waals surface area contributed by atoms with Gasteiger partial charge in [-0.25, -0.2) is 4.79 Å². The molecule has 0 aromatic carbocycles. The topological polar surface area (TPSA) is 55.4 Å². The van der Waals surface area contributed by atoms with Crippen LogP contribution in [0, 0.1) is 0 Å². The molecule has 0 aliphatic heterocycles. The van der Waals surface area contributed by atoms with Crippen LogP contribution in [0.3, 0.4) is 0 Å². The molecular formula is C16H17NO3S2. The Kier molecular flexibility index (Phi) is 4.59. The van der Waals surface area contributed by atoms with E-state index >= 15 is 0 Å². The molecule has 1 aliphatic rings. The van der Waals surface area contributed by atoms with Crippen molar-refractivity contribution in [3.8, 4) is 0 Å². The number of carbonyl (C=O) groups is 2. The minimum absolute atomic E-state index is 0.101. The molecule has 2 aromatic heterocycles. The number of nitrogens with one attached hydrogen (secondary N) is 1. The van der Waals surface area contributed by atoms with Crippen molar-refractivity contribution in [2.75, 3.05) is 12.4 Å². The molecule has 2 aromatic rings. The Morgan fingerprint density at radius 3 is 2.73 bits per heavy atom. The Bertz CT molecular complexity index is 679. The molecule has 22 heavy (non-hydrogen) atoms. The molecule has 0 saturated carbocycles. The van der Waals surface area contributed by atoms with E-state index in [1.54, 1.807) is 23.5 Å². The second-order valence-corrected chi connectivity index (χ2v) is 7.45. The van der Waals surface area contributed by atoms with Gasteiger partial charge >= 0.3 is 5.97 Å². The van der Waals surface area contributed by atoms with Crippen molar-refractivity contribution in [1.82, 2.24) is 0 Å². The summed E-state index contributed by atoms with van der Waals surface area (Å²) in [5, 5.41) is 3.53. The van der Waals surface area contributed by atoms with Crippen LogP contribution < -0.4 is 5.32 Å². The Balaban J connectivity index is 1.72. The molecule has 0 saturated heterocycles. The number of methoxy groups -OCH3 is 1. The number of thiophene rings is 2. The Morgan fingerprint density at radius 2 is 1.91 bits per heavy atom. The number of amides is 1. The smallest absolute Gasteiger partial charge is 0.348 e. The molecule has 0 atom stereocenters. The normalized spacial score (nSPS) is 14.0. The number of hydrogen-bond acceptors (Lipinski definition) is 5. The lowest BCUT2D eigenvalue weighted by molar-refractivity contribution is 0.0606. The molecule has 6 heteroatoms. The van der Waals surface area contributed by atoms with Crippen molar-refractivity contribution >= 4 is 39.6 Å². The van der Waals surface area contributed by atoms with Crippen molar-refractivity contribution in [3.05, 3.63) is 38.4 Å². The number of aryl methyl sites for hydroxylation is 2. The number of hydrogen-bond donors (Lipinski definition) is 1. The molecule has 3 rings (SSSR count). The van der Waals surface area contributed by atoms with Crippen LogP contribution in [0.5, 0.6) is 0 Å². The molecule has 1 aliphatic carbocycles. The lowest BCUT2D eigenvalue weighted by atomic mass is 10.1. The lowest BCUT2D eigenvalue weighted by Gasteiger charge is -1.99. The second kappa shape index (κ2) is 6.62. The zero-order valence-electron chi connectivity index (χ0n) is 12.3. The first-order valence-corrected chi connectivity index (χ1v) is 8.92. The molecule has 0 spiro atoms. The highest BCUT2D eigenvalue weighted by molar-refractivity contribution is 7.18. The van der Waals surface area contributed by atoms with Crippen LogP contribution in [0.4, 0.5) is 5.00 Å². The van der Waals surface area contributed by atoms with E-state index < -0.39 is 0 Å². The van der Waals surface area contributed by atoms with Gasteiger partial charge in [-0.15, -0.1) is 22.7 Å². The zero-order chi connectivity index (χ0) is 15.5. The molecule has 4 nitrogen and oxygen atoms in total. The van der Waals surface area contributed by atoms with Gasteiger partial charge in [-0.1, -0.05) is 6.42 Å². The van der Waals surface area contributed by atoms with Crippen LogP contribution >= 0.6 is 22.7 Å². The van der Waals surface area contributed by atoms with Gasteiger partial charge in [0.2, 0.25) is 0 Å². The fourth-order valence-electron chi connectivity index (χ4n) is 2.57. The molecule has 1 amide bonds. The molecule has 1 N–H and O–H groups in total. The summed E-state index contributed by atoms with van der Waals surface area (Å²) < 4.78 is 4.67. The molecule has 0 radical (unpaired) electrons. The van der Waals surface area contributed by atoms with Gasteiger partial charge in [0.1, 0.15) is 4.88 Å². The number of fused-ring (bicyclic) bond motifs is 1. The zero-order valence-corrected chi connectivity index (χ0v) is 13.9. The first kappa shape index (κ1) is 15.2. The minimum atomic E-state index is -0.381. The van der Waals surface area contributed by atoms with Gasteiger partial charge in [0, 0.05) is 4.88 Å². The summed E-state index contributed by atoms with van der Waals surface area (Å²) in [7, 11) is 1.35. The molecule has 0 unspecified atom stereocenters. The van der Waals surface area contributed by atoms with Crippen molar-refractivity contribution < 1.29 is 14.3 Å². The van der Waals surface area contributed by atoms with Crippen LogP contribution in [0.2, 0.25) is 0 Å². The highest BCUT2D eigenvalue weighted by Gasteiger charge is 2.17. The van der Waals surface area contributed by atoms with Crippen LogP contribution in [-0.2, 0) is 17.6 Å². The number of esters is 1. The standard InChI is InChI=1S/C16H17NO3S2/c1-20-16(19)12-7-8-14(22-12)17-15(18)13-9-10-5-3-2-4-6-11(10)21-13/h7-9H,2-6H2,1H3,(H,17,18). The number of rotatable bonds is 3. The van der Waals surface area contributed by atoms with E-state index in [0.29, 0.717) is 9.88 Å². The summed E-state index contributed by atoms with van der Waals surface area (Å²) >= 11 is 2.82. The monoisotopic (exact) mass is 335 g/mol. The fourth-order valence-corrected chi connectivity index (χ4v) is 4.54. The first-order chi connectivity index (χ1) is 10.7. The van der Waals surface area contributed by atoms with Gasteiger partial charge < -0.3 is 10.1 Å². The summed E-state index contributed by atoms with van der Waals surface area (Å²) in [5.74, 6) is -0.482. The van der Waals surface area contributed by atoms with E-state index in [0.717, 1.165) is 17.7 Å². The van der Waals surface area contributed by atoms with Crippen LogP contribution in [-0.4, -0.2) is 19.0 Å². The van der Waals surface area contributed by atoms with E-state index in [1.165, 1.54) is 48.1 Å². The van der Waals surface area contributed by atoms with Crippen LogP contribution in [0.25, 0.3) is 0 Å². The third kappa shape index (κ3) is 3.23. The van der Waals surface area contributed by atoms with Crippen LogP contribution in [0.1, 0.15) is 49.0 Å². The van der Waals surface area contributed by atoms with Crippen molar-refractivity contribution in [1.29, 1.82) is 0 Å². The minimum Gasteiger partial charge on any atom is -0.465 e. The summed E-state index contributed by atoms with van der Waals surface area (Å²) in [6, 6.07) is 5.42. The molecular weight excluding hydrogens is 318 g/mol. The third-order valence-corrected chi connectivity index (χ3v) is 5.92.